The molecule has 1 amide bonds. The number of hydrogen-bond acceptors (Lipinski definition) is 4. The molecule has 0 aliphatic heterocycles. The van der Waals surface area contributed by atoms with E-state index in [0.717, 1.165) is 5.56 Å². The highest BCUT2D eigenvalue weighted by atomic mass is 16.6. The van der Waals surface area contributed by atoms with Crippen molar-refractivity contribution >= 4 is 17.3 Å². The highest BCUT2D eigenvalue weighted by molar-refractivity contribution is 5.92. The highest BCUT2D eigenvalue weighted by Gasteiger charge is 2.15. The van der Waals surface area contributed by atoms with Crippen LogP contribution in [0.1, 0.15) is 38.3 Å². The van der Waals surface area contributed by atoms with Crippen LogP contribution >= 0.6 is 0 Å². The first kappa shape index (κ1) is 17.1. The Labute approximate surface area is 125 Å². The van der Waals surface area contributed by atoms with E-state index < -0.39 is 4.92 Å². The van der Waals surface area contributed by atoms with Gasteiger partial charge in [-0.2, -0.15) is 0 Å². The van der Waals surface area contributed by atoms with Crippen LogP contribution in [0.3, 0.4) is 0 Å². The zero-order valence-electron chi connectivity index (χ0n) is 13.2. The first-order valence-electron chi connectivity index (χ1n) is 6.90. The van der Waals surface area contributed by atoms with Crippen LogP contribution in [0.2, 0.25) is 0 Å². The molecule has 1 rings (SSSR count). The standard InChI is InChI=1S/C15H23N3O3/c1-10-8-11(2)13(18(20)21)9-12(10)17-14(19)6-7-16-15(3,4)5/h8-9,16H,6-7H2,1-5H3,(H,17,19). The molecule has 0 bridgehead atoms. The van der Waals surface area contributed by atoms with Crippen molar-refractivity contribution in [3.8, 4) is 0 Å². The molecular formula is C15H23N3O3. The van der Waals surface area contributed by atoms with Crippen molar-refractivity contribution in [2.45, 2.75) is 46.6 Å². The molecule has 0 aliphatic carbocycles. The van der Waals surface area contributed by atoms with E-state index in [1.54, 1.807) is 13.0 Å². The van der Waals surface area contributed by atoms with Gasteiger partial charge in [0.2, 0.25) is 5.91 Å². The third-order valence-corrected chi connectivity index (χ3v) is 3.02. The largest absolute Gasteiger partial charge is 0.326 e. The van der Waals surface area contributed by atoms with Gasteiger partial charge in [0, 0.05) is 30.1 Å². The number of aryl methyl sites for hydroxylation is 2. The number of hydrogen-bond donors (Lipinski definition) is 2. The molecular weight excluding hydrogens is 270 g/mol. The number of carbonyl (C=O) groups is 1. The summed E-state index contributed by atoms with van der Waals surface area (Å²) in [6, 6.07) is 3.13. The second-order valence-electron chi connectivity index (χ2n) is 6.19. The molecule has 1 aromatic carbocycles. The van der Waals surface area contributed by atoms with Gasteiger partial charge >= 0.3 is 0 Å². The van der Waals surface area contributed by atoms with Crippen molar-refractivity contribution in [2.24, 2.45) is 0 Å². The van der Waals surface area contributed by atoms with Crippen LogP contribution in [0.5, 0.6) is 0 Å². The lowest BCUT2D eigenvalue weighted by Gasteiger charge is -2.20. The smallest absolute Gasteiger partial charge is 0.274 e. The molecule has 0 spiro atoms. The molecule has 0 saturated carbocycles. The molecule has 0 heterocycles. The lowest BCUT2D eigenvalue weighted by molar-refractivity contribution is -0.385. The van der Waals surface area contributed by atoms with Gasteiger partial charge < -0.3 is 10.6 Å². The lowest BCUT2D eigenvalue weighted by Crippen LogP contribution is -2.37. The highest BCUT2D eigenvalue weighted by Crippen LogP contribution is 2.26. The van der Waals surface area contributed by atoms with Gasteiger partial charge in [-0.15, -0.1) is 0 Å². The normalized spacial score (nSPS) is 11.3. The Balaban J connectivity index is 2.72. The van der Waals surface area contributed by atoms with Gasteiger partial charge in [-0.05, 0) is 46.2 Å². The monoisotopic (exact) mass is 293 g/mol. The Bertz CT molecular complexity index is 548. The zero-order chi connectivity index (χ0) is 16.2. The molecule has 0 fully saturated rings. The number of benzene rings is 1. The number of nitrogens with zero attached hydrogens (tertiary/aromatic N) is 1. The molecule has 0 aromatic heterocycles. The quantitative estimate of drug-likeness (QED) is 0.645. The summed E-state index contributed by atoms with van der Waals surface area (Å²) in [5.74, 6) is -0.159. The van der Waals surface area contributed by atoms with E-state index in [1.165, 1.54) is 6.07 Å². The molecule has 0 atom stereocenters. The van der Waals surface area contributed by atoms with Crippen LogP contribution < -0.4 is 10.6 Å². The van der Waals surface area contributed by atoms with Crippen molar-refractivity contribution in [3.05, 3.63) is 33.4 Å². The summed E-state index contributed by atoms with van der Waals surface area (Å²) in [6.45, 7) is 10.1. The second kappa shape index (κ2) is 6.67. The number of nitro benzene ring substituents is 1. The fourth-order valence-corrected chi connectivity index (χ4v) is 1.94. The van der Waals surface area contributed by atoms with Gasteiger partial charge in [-0.1, -0.05) is 0 Å². The minimum atomic E-state index is -0.439. The van der Waals surface area contributed by atoms with Crippen molar-refractivity contribution < 1.29 is 9.72 Å². The Morgan fingerprint density at radius 2 is 1.86 bits per heavy atom. The number of rotatable bonds is 5. The molecule has 6 nitrogen and oxygen atoms in total. The Morgan fingerprint density at radius 3 is 2.38 bits per heavy atom. The van der Waals surface area contributed by atoms with Crippen LogP contribution in [0.25, 0.3) is 0 Å². The summed E-state index contributed by atoms with van der Waals surface area (Å²) in [4.78, 5) is 22.4. The van der Waals surface area contributed by atoms with E-state index in [0.29, 0.717) is 24.2 Å². The van der Waals surface area contributed by atoms with E-state index in [4.69, 9.17) is 0 Å². The van der Waals surface area contributed by atoms with Crippen LogP contribution in [0, 0.1) is 24.0 Å². The number of carbonyl (C=O) groups excluding carboxylic acids is 1. The van der Waals surface area contributed by atoms with Crippen molar-refractivity contribution in [1.29, 1.82) is 0 Å². The van der Waals surface area contributed by atoms with E-state index in [2.05, 4.69) is 10.6 Å². The molecule has 116 valence electrons. The van der Waals surface area contributed by atoms with E-state index in [9.17, 15) is 14.9 Å². The number of nitrogens with one attached hydrogen (secondary N) is 2. The molecule has 2 N–H and O–H groups in total. The van der Waals surface area contributed by atoms with Crippen molar-refractivity contribution in [3.63, 3.8) is 0 Å². The summed E-state index contributed by atoms with van der Waals surface area (Å²) >= 11 is 0. The summed E-state index contributed by atoms with van der Waals surface area (Å²) in [6.07, 6.45) is 0.318. The average molecular weight is 293 g/mol. The van der Waals surface area contributed by atoms with E-state index >= 15 is 0 Å². The van der Waals surface area contributed by atoms with Crippen LogP contribution in [-0.2, 0) is 4.79 Å². The predicted octanol–water partition coefficient (Wildman–Crippen LogP) is 2.93. The van der Waals surface area contributed by atoms with Gasteiger partial charge in [0.15, 0.2) is 0 Å². The fourth-order valence-electron chi connectivity index (χ4n) is 1.94. The first-order valence-corrected chi connectivity index (χ1v) is 6.90. The van der Waals surface area contributed by atoms with Gasteiger partial charge in [0.25, 0.3) is 5.69 Å². The Hall–Kier alpha value is -1.95. The Morgan fingerprint density at radius 1 is 1.24 bits per heavy atom. The third-order valence-electron chi connectivity index (χ3n) is 3.02. The second-order valence-corrected chi connectivity index (χ2v) is 6.19. The van der Waals surface area contributed by atoms with Gasteiger partial charge in [0.1, 0.15) is 0 Å². The minimum absolute atomic E-state index is 0.0173. The molecule has 0 saturated heterocycles. The number of nitro groups is 1. The number of amides is 1. The molecule has 1 aromatic rings. The zero-order valence-corrected chi connectivity index (χ0v) is 13.2. The molecule has 6 heteroatoms. The molecule has 21 heavy (non-hydrogen) atoms. The van der Waals surface area contributed by atoms with Gasteiger partial charge in [-0.3, -0.25) is 14.9 Å². The third kappa shape index (κ3) is 5.51. The first-order chi connectivity index (χ1) is 9.60. The lowest BCUT2D eigenvalue weighted by atomic mass is 10.1. The maximum atomic E-state index is 11.9. The SMILES string of the molecule is Cc1cc(C)c([N+](=O)[O-])cc1NC(=O)CCNC(C)(C)C. The maximum Gasteiger partial charge on any atom is 0.274 e. The van der Waals surface area contributed by atoms with Crippen molar-refractivity contribution in [2.75, 3.05) is 11.9 Å². The molecule has 0 unspecified atom stereocenters. The van der Waals surface area contributed by atoms with Crippen LogP contribution in [0.15, 0.2) is 12.1 Å². The average Bonchev–Trinajstić information content (AvgIpc) is 2.30. The van der Waals surface area contributed by atoms with Crippen molar-refractivity contribution in [1.82, 2.24) is 5.32 Å². The number of anilines is 1. The summed E-state index contributed by atoms with van der Waals surface area (Å²) in [5, 5.41) is 16.9. The predicted molar refractivity (Wildman–Crippen MR) is 83.6 cm³/mol. The van der Waals surface area contributed by atoms with E-state index in [-0.39, 0.29) is 17.1 Å². The summed E-state index contributed by atoms with van der Waals surface area (Å²) in [5.41, 5.74) is 1.87. The fraction of sp³-hybridized carbons (Fsp3) is 0.533. The maximum absolute atomic E-state index is 11.9. The van der Waals surface area contributed by atoms with Gasteiger partial charge in [0.05, 0.1) is 10.6 Å². The summed E-state index contributed by atoms with van der Waals surface area (Å²) in [7, 11) is 0. The van der Waals surface area contributed by atoms with Crippen LogP contribution in [-0.4, -0.2) is 22.9 Å². The summed E-state index contributed by atoms with van der Waals surface area (Å²) < 4.78 is 0. The van der Waals surface area contributed by atoms with Gasteiger partial charge in [-0.25, -0.2) is 0 Å². The topological polar surface area (TPSA) is 84.3 Å². The van der Waals surface area contributed by atoms with Crippen LogP contribution in [0.4, 0.5) is 11.4 Å². The minimum Gasteiger partial charge on any atom is -0.326 e. The van der Waals surface area contributed by atoms with E-state index in [1.807, 2.05) is 27.7 Å². The molecule has 0 radical (unpaired) electrons. The Kier molecular flexibility index (Phi) is 5.43. The molecule has 0 aliphatic rings.